The van der Waals surface area contributed by atoms with Crippen LogP contribution in [0.4, 0.5) is 0 Å². The van der Waals surface area contributed by atoms with Gasteiger partial charge in [0.25, 0.3) is 0 Å². The molecule has 2 aromatic heterocycles. The lowest BCUT2D eigenvalue weighted by atomic mass is 9.78. The van der Waals surface area contributed by atoms with Gasteiger partial charge in [0.15, 0.2) is 11.4 Å². The van der Waals surface area contributed by atoms with Gasteiger partial charge in [0, 0.05) is 16.7 Å². The van der Waals surface area contributed by atoms with Crippen molar-refractivity contribution in [1.82, 2.24) is 19.4 Å². The van der Waals surface area contributed by atoms with Crippen molar-refractivity contribution >= 4 is 23.0 Å². The van der Waals surface area contributed by atoms with Crippen molar-refractivity contribution in [1.29, 1.82) is 5.41 Å². The molecule has 0 unspecified atom stereocenters. The van der Waals surface area contributed by atoms with Crippen LogP contribution in [0.15, 0.2) is 24.3 Å². The van der Waals surface area contributed by atoms with Crippen molar-refractivity contribution in [2.45, 2.75) is 58.9 Å². The average Bonchev–Trinajstić information content (AvgIpc) is 2.88. The summed E-state index contributed by atoms with van der Waals surface area (Å²) in [5, 5.41) is 27.6. The van der Waals surface area contributed by atoms with E-state index in [1.165, 1.54) is 9.20 Å². The highest BCUT2D eigenvalue weighted by atomic mass is 35.5. The number of carbonyl (C=O) groups is 1. The van der Waals surface area contributed by atoms with Gasteiger partial charge in [0.1, 0.15) is 17.4 Å². The molecule has 0 aliphatic heterocycles. The molecule has 2 heterocycles. The van der Waals surface area contributed by atoms with Gasteiger partial charge in [0.05, 0.1) is 0 Å². The maximum atomic E-state index is 13.1. The average molecular weight is 416 g/mol. The Balaban J connectivity index is 2.08. The van der Waals surface area contributed by atoms with Crippen LogP contribution in [0.5, 0.6) is 5.75 Å². The third-order valence-corrected chi connectivity index (χ3v) is 4.99. The molecule has 1 aromatic carbocycles. The number of rotatable bonds is 3. The number of hydrogen-bond acceptors (Lipinski definition) is 5. The van der Waals surface area contributed by atoms with Crippen molar-refractivity contribution in [3.63, 3.8) is 0 Å². The van der Waals surface area contributed by atoms with Gasteiger partial charge in [-0.3, -0.25) is 10.2 Å². The van der Waals surface area contributed by atoms with E-state index < -0.39 is 0 Å². The minimum absolute atomic E-state index is 0.0401. The Bertz CT molecular complexity index is 1130. The predicted octanol–water partition coefficient (Wildman–Crippen LogP) is 3.85. The van der Waals surface area contributed by atoms with Gasteiger partial charge < -0.3 is 5.11 Å². The SMILES string of the molecule is CC(C)(C)c1cc(C(=O)Cn2nc3ccc(Cl)nn3c2=N)cc(C(C)(C)C)c1O. The molecule has 7 nitrogen and oxygen atoms in total. The maximum absolute atomic E-state index is 13.1. The summed E-state index contributed by atoms with van der Waals surface area (Å²) in [4.78, 5) is 13.1. The smallest absolute Gasteiger partial charge is 0.242 e. The number of nitrogens with one attached hydrogen (secondary N) is 1. The number of carbonyl (C=O) groups excluding carboxylic acids is 1. The van der Waals surface area contributed by atoms with Crippen molar-refractivity contribution in [3.8, 4) is 5.75 Å². The second kappa shape index (κ2) is 6.99. The Morgan fingerprint density at radius 1 is 1.07 bits per heavy atom. The van der Waals surface area contributed by atoms with Gasteiger partial charge >= 0.3 is 0 Å². The predicted molar refractivity (Wildman–Crippen MR) is 112 cm³/mol. The van der Waals surface area contributed by atoms with E-state index >= 15 is 0 Å². The fourth-order valence-corrected chi connectivity index (χ4v) is 3.32. The topological polar surface area (TPSA) is 96.3 Å². The summed E-state index contributed by atoms with van der Waals surface area (Å²) in [5.74, 6) is 0.0240. The van der Waals surface area contributed by atoms with E-state index in [1.807, 2.05) is 41.5 Å². The number of ketones is 1. The number of halogens is 1. The third kappa shape index (κ3) is 4.05. The minimum atomic E-state index is -0.335. The normalized spacial score (nSPS) is 12.5. The summed E-state index contributed by atoms with van der Waals surface area (Å²) in [6.07, 6.45) is 0. The molecule has 0 aliphatic rings. The Labute approximate surface area is 174 Å². The molecular formula is C21H26ClN5O2. The van der Waals surface area contributed by atoms with E-state index in [0.717, 1.165) is 0 Å². The quantitative estimate of drug-likeness (QED) is 0.635. The molecule has 0 atom stereocenters. The van der Waals surface area contributed by atoms with Crippen molar-refractivity contribution in [3.05, 3.63) is 51.7 Å². The number of aromatic nitrogens is 4. The molecule has 2 N–H and O–H groups in total. The van der Waals surface area contributed by atoms with E-state index in [-0.39, 0.29) is 39.7 Å². The fraction of sp³-hybridized carbons (Fsp3) is 0.429. The van der Waals surface area contributed by atoms with Crippen LogP contribution in [0.1, 0.15) is 63.0 Å². The molecule has 0 bridgehead atoms. The van der Waals surface area contributed by atoms with Crippen LogP contribution >= 0.6 is 11.6 Å². The Hall–Kier alpha value is -2.67. The number of benzene rings is 1. The van der Waals surface area contributed by atoms with Crippen LogP contribution < -0.4 is 5.62 Å². The zero-order chi connectivity index (χ0) is 21.7. The largest absolute Gasteiger partial charge is 0.507 e. The van der Waals surface area contributed by atoms with Crippen LogP contribution in [0.3, 0.4) is 0 Å². The second-order valence-electron chi connectivity index (χ2n) is 9.25. The first-order chi connectivity index (χ1) is 13.3. The maximum Gasteiger partial charge on any atom is 0.242 e. The zero-order valence-corrected chi connectivity index (χ0v) is 18.3. The van der Waals surface area contributed by atoms with E-state index in [4.69, 9.17) is 17.0 Å². The minimum Gasteiger partial charge on any atom is -0.507 e. The standard InChI is InChI=1S/C21H26ClN5O2/c1-20(2,3)13-9-12(10-14(18(13)29)21(4,5)6)15(28)11-26-19(23)27-17(25-26)8-7-16(22)24-27/h7-10,23,29H,11H2,1-6H3. The molecule has 3 aromatic rings. The number of aromatic hydroxyl groups is 1. The highest BCUT2D eigenvalue weighted by Crippen LogP contribution is 2.39. The molecule has 0 saturated carbocycles. The summed E-state index contributed by atoms with van der Waals surface area (Å²) in [6, 6.07) is 6.70. The van der Waals surface area contributed by atoms with Crippen LogP contribution in [-0.2, 0) is 17.4 Å². The number of fused-ring (bicyclic) bond motifs is 1. The summed E-state index contributed by atoms with van der Waals surface area (Å²) in [7, 11) is 0. The molecule has 0 radical (unpaired) electrons. The number of Topliss-reactive ketones (excluding diaryl/α,β-unsaturated/α-hetero) is 1. The second-order valence-corrected chi connectivity index (χ2v) is 9.64. The van der Waals surface area contributed by atoms with Crippen molar-refractivity contribution in [2.24, 2.45) is 0 Å². The monoisotopic (exact) mass is 415 g/mol. The van der Waals surface area contributed by atoms with Gasteiger partial charge in [0.2, 0.25) is 5.62 Å². The molecule has 0 saturated heterocycles. The first-order valence-corrected chi connectivity index (χ1v) is 9.75. The van der Waals surface area contributed by atoms with Crippen LogP contribution in [0.2, 0.25) is 5.15 Å². The number of nitrogens with zero attached hydrogens (tertiary/aromatic N) is 4. The molecule has 0 aliphatic carbocycles. The zero-order valence-electron chi connectivity index (χ0n) is 17.5. The number of hydrogen-bond donors (Lipinski definition) is 2. The van der Waals surface area contributed by atoms with E-state index in [9.17, 15) is 9.90 Å². The molecular weight excluding hydrogens is 390 g/mol. The van der Waals surface area contributed by atoms with Gasteiger partial charge in [-0.05, 0) is 35.1 Å². The molecule has 0 amide bonds. The van der Waals surface area contributed by atoms with Gasteiger partial charge in [-0.25, -0.2) is 4.68 Å². The van der Waals surface area contributed by atoms with E-state index in [1.54, 1.807) is 24.3 Å². The van der Waals surface area contributed by atoms with E-state index in [2.05, 4.69) is 10.2 Å². The molecule has 8 heteroatoms. The fourth-order valence-electron chi connectivity index (χ4n) is 3.18. The van der Waals surface area contributed by atoms with E-state index in [0.29, 0.717) is 22.3 Å². The molecule has 0 fully saturated rings. The van der Waals surface area contributed by atoms with Crippen molar-refractivity contribution in [2.75, 3.05) is 0 Å². The lowest BCUT2D eigenvalue weighted by Crippen LogP contribution is -2.27. The van der Waals surface area contributed by atoms with Gasteiger partial charge in [-0.2, -0.15) is 9.61 Å². The highest BCUT2D eigenvalue weighted by Gasteiger charge is 2.28. The summed E-state index contributed by atoms with van der Waals surface area (Å²) in [6.45, 7) is 11.9. The lowest BCUT2D eigenvalue weighted by Gasteiger charge is -2.28. The Kier molecular flexibility index (Phi) is 5.07. The molecule has 29 heavy (non-hydrogen) atoms. The Morgan fingerprint density at radius 2 is 1.62 bits per heavy atom. The number of phenols is 1. The Morgan fingerprint density at radius 3 is 2.14 bits per heavy atom. The molecule has 3 rings (SSSR count). The van der Waals surface area contributed by atoms with Crippen molar-refractivity contribution < 1.29 is 9.90 Å². The first kappa shape index (κ1) is 21.0. The summed E-state index contributed by atoms with van der Waals surface area (Å²) < 4.78 is 2.58. The summed E-state index contributed by atoms with van der Waals surface area (Å²) in [5.41, 5.74) is 1.63. The van der Waals surface area contributed by atoms with Gasteiger partial charge in [-0.1, -0.05) is 53.1 Å². The lowest BCUT2D eigenvalue weighted by molar-refractivity contribution is 0.0965. The third-order valence-electron chi connectivity index (χ3n) is 4.79. The van der Waals surface area contributed by atoms with Crippen LogP contribution in [0, 0.1) is 5.41 Å². The molecule has 154 valence electrons. The van der Waals surface area contributed by atoms with Crippen LogP contribution in [0.25, 0.3) is 5.65 Å². The first-order valence-electron chi connectivity index (χ1n) is 9.37. The summed E-state index contributed by atoms with van der Waals surface area (Å²) >= 11 is 5.89. The number of phenolic OH excluding ortho intramolecular Hbond substituents is 1. The highest BCUT2D eigenvalue weighted by molar-refractivity contribution is 6.29. The molecule has 0 spiro atoms. The van der Waals surface area contributed by atoms with Gasteiger partial charge in [-0.15, -0.1) is 5.10 Å². The van der Waals surface area contributed by atoms with Crippen LogP contribution in [-0.4, -0.2) is 30.3 Å².